The lowest BCUT2D eigenvalue weighted by Crippen LogP contribution is -2.12. The van der Waals surface area contributed by atoms with Gasteiger partial charge < -0.3 is 10.4 Å². The molecule has 0 bridgehead atoms. The van der Waals surface area contributed by atoms with Crippen molar-refractivity contribution in [3.8, 4) is 5.75 Å². The molecule has 72 valence electrons. The first-order valence-corrected chi connectivity index (χ1v) is 3.91. The highest BCUT2D eigenvalue weighted by Crippen LogP contribution is 2.24. The Morgan fingerprint density at radius 3 is 2.15 bits per heavy atom. The number of rotatable bonds is 2. The zero-order chi connectivity index (χ0) is 10.0. The van der Waals surface area contributed by atoms with Gasteiger partial charge in [-0.15, -0.1) is 0 Å². The quantitative estimate of drug-likeness (QED) is 0.741. The zero-order valence-corrected chi connectivity index (χ0v) is 7.44. The molecule has 1 rings (SSSR count). The van der Waals surface area contributed by atoms with Crippen molar-refractivity contribution in [3.05, 3.63) is 29.3 Å². The Labute approximate surface area is 75.2 Å². The summed E-state index contributed by atoms with van der Waals surface area (Å²) < 4.78 is 25.6. The molecule has 0 aliphatic rings. The fourth-order valence-electron chi connectivity index (χ4n) is 1.00. The summed E-state index contributed by atoms with van der Waals surface area (Å²) in [6.07, 6.45) is 0. The van der Waals surface area contributed by atoms with Gasteiger partial charge in [-0.2, -0.15) is 0 Å². The van der Waals surface area contributed by atoms with Crippen LogP contribution in [0.5, 0.6) is 5.75 Å². The van der Waals surface area contributed by atoms with Crippen LogP contribution in [0.25, 0.3) is 0 Å². The van der Waals surface area contributed by atoms with E-state index < -0.39 is 17.4 Å². The van der Waals surface area contributed by atoms with Gasteiger partial charge in [-0.25, -0.2) is 8.78 Å². The number of hydrogen-bond donors (Lipinski definition) is 2. The van der Waals surface area contributed by atoms with E-state index in [4.69, 9.17) is 5.11 Å². The van der Waals surface area contributed by atoms with E-state index in [9.17, 15) is 8.78 Å². The zero-order valence-electron chi connectivity index (χ0n) is 7.44. The summed E-state index contributed by atoms with van der Waals surface area (Å²) in [6, 6.07) is 2.07. The van der Waals surface area contributed by atoms with E-state index in [0.29, 0.717) is 5.56 Å². The summed E-state index contributed by atoms with van der Waals surface area (Å²) in [6.45, 7) is 1.77. The molecule has 0 spiro atoms. The first-order chi connectivity index (χ1) is 6.06. The van der Waals surface area contributed by atoms with E-state index in [1.807, 2.05) is 0 Å². The molecule has 0 aliphatic carbocycles. The van der Waals surface area contributed by atoms with E-state index in [2.05, 4.69) is 5.32 Å². The molecule has 0 unspecified atom stereocenters. The topological polar surface area (TPSA) is 32.3 Å². The van der Waals surface area contributed by atoms with E-state index >= 15 is 0 Å². The molecule has 2 N–H and O–H groups in total. The minimum atomic E-state index is -0.933. The van der Waals surface area contributed by atoms with Crippen LogP contribution >= 0.6 is 0 Å². The second kappa shape index (κ2) is 3.70. The molecule has 0 saturated carbocycles. The Kier molecular flexibility index (Phi) is 2.83. The first-order valence-electron chi connectivity index (χ1n) is 3.91. The lowest BCUT2D eigenvalue weighted by molar-refractivity contribution is 0.394. The molecule has 0 heterocycles. The van der Waals surface area contributed by atoms with Crippen molar-refractivity contribution < 1.29 is 13.9 Å². The van der Waals surface area contributed by atoms with Crippen LogP contribution in [0, 0.1) is 11.6 Å². The predicted molar refractivity (Wildman–Crippen MR) is 45.5 cm³/mol. The molecule has 0 amide bonds. The predicted octanol–water partition coefficient (Wildman–Crippen LogP) is 1.95. The summed E-state index contributed by atoms with van der Waals surface area (Å²) in [4.78, 5) is 0. The average molecular weight is 187 g/mol. The molecular formula is C9H11F2NO. The van der Waals surface area contributed by atoms with Crippen molar-refractivity contribution in [2.24, 2.45) is 0 Å². The molecule has 0 fully saturated rings. The Balaban J connectivity index is 3.13. The van der Waals surface area contributed by atoms with Gasteiger partial charge >= 0.3 is 0 Å². The minimum Gasteiger partial charge on any atom is -0.503 e. The fraction of sp³-hybridized carbons (Fsp3) is 0.333. The van der Waals surface area contributed by atoms with Crippen LogP contribution in [-0.4, -0.2) is 12.2 Å². The number of phenols is 1. The number of hydrogen-bond acceptors (Lipinski definition) is 2. The molecule has 13 heavy (non-hydrogen) atoms. The maximum Gasteiger partial charge on any atom is 0.187 e. The summed E-state index contributed by atoms with van der Waals surface area (Å²) in [5, 5.41) is 11.7. The maximum absolute atomic E-state index is 12.8. The van der Waals surface area contributed by atoms with Gasteiger partial charge in [0.1, 0.15) is 0 Å². The largest absolute Gasteiger partial charge is 0.503 e. The van der Waals surface area contributed by atoms with Crippen molar-refractivity contribution in [1.29, 1.82) is 0 Å². The van der Waals surface area contributed by atoms with Gasteiger partial charge in [0.2, 0.25) is 0 Å². The van der Waals surface area contributed by atoms with Crippen LogP contribution in [0.2, 0.25) is 0 Å². The average Bonchev–Trinajstić information content (AvgIpc) is 2.12. The van der Waals surface area contributed by atoms with Crippen molar-refractivity contribution in [2.75, 3.05) is 7.05 Å². The highest BCUT2D eigenvalue weighted by Gasteiger charge is 2.12. The molecule has 0 aliphatic heterocycles. The third-order valence-electron chi connectivity index (χ3n) is 1.97. The standard InChI is InChI=1S/C9H11F2NO/c1-5(12-2)6-3-7(10)9(13)8(11)4-6/h3-5,12-13H,1-2H3/t5-/m1/s1. The molecular weight excluding hydrogens is 176 g/mol. The Morgan fingerprint density at radius 2 is 1.77 bits per heavy atom. The lowest BCUT2D eigenvalue weighted by atomic mass is 10.1. The SMILES string of the molecule is CN[C@H](C)c1cc(F)c(O)c(F)c1. The smallest absolute Gasteiger partial charge is 0.187 e. The third kappa shape index (κ3) is 1.95. The van der Waals surface area contributed by atoms with Crippen molar-refractivity contribution in [3.63, 3.8) is 0 Å². The Bertz CT molecular complexity index is 291. The maximum atomic E-state index is 12.8. The summed E-state index contributed by atoms with van der Waals surface area (Å²) in [7, 11) is 1.69. The molecule has 0 radical (unpaired) electrons. The van der Waals surface area contributed by atoms with Gasteiger partial charge in [-0.1, -0.05) is 0 Å². The molecule has 1 aromatic rings. The van der Waals surface area contributed by atoms with Gasteiger partial charge in [0, 0.05) is 6.04 Å². The van der Waals surface area contributed by atoms with Gasteiger partial charge in [-0.3, -0.25) is 0 Å². The summed E-state index contributed by atoms with van der Waals surface area (Å²) >= 11 is 0. The summed E-state index contributed by atoms with van der Waals surface area (Å²) in [5.41, 5.74) is 0.468. The molecule has 2 nitrogen and oxygen atoms in total. The fourth-order valence-corrected chi connectivity index (χ4v) is 1.00. The van der Waals surface area contributed by atoms with Crippen LogP contribution in [0.3, 0.4) is 0 Å². The number of nitrogens with one attached hydrogen (secondary N) is 1. The molecule has 1 atom stereocenters. The molecule has 4 heteroatoms. The second-order valence-corrected chi connectivity index (χ2v) is 2.84. The highest BCUT2D eigenvalue weighted by atomic mass is 19.1. The summed E-state index contributed by atoms with van der Waals surface area (Å²) in [5.74, 6) is -2.79. The van der Waals surface area contributed by atoms with Gasteiger partial charge in [0.05, 0.1) is 0 Å². The number of benzene rings is 1. The highest BCUT2D eigenvalue weighted by molar-refractivity contribution is 5.31. The van der Waals surface area contributed by atoms with E-state index in [0.717, 1.165) is 12.1 Å². The van der Waals surface area contributed by atoms with Gasteiger partial charge in [0.15, 0.2) is 17.4 Å². The van der Waals surface area contributed by atoms with E-state index in [1.165, 1.54) is 0 Å². The molecule has 1 aromatic carbocycles. The van der Waals surface area contributed by atoms with E-state index in [-0.39, 0.29) is 6.04 Å². The second-order valence-electron chi connectivity index (χ2n) is 2.84. The van der Waals surface area contributed by atoms with Crippen LogP contribution in [0.4, 0.5) is 8.78 Å². The van der Waals surface area contributed by atoms with Crippen molar-refractivity contribution >= 4 is 0 Å². The van der Waals surface area contributed by atoms with Crippen molar-refractivity contribution in [2.45, 2.75) is 13.0 Å². The number of halogens is 2. The molecule has 0 aromatic heterocycles. The normalized spacial score (nSPS) is 12.9. The Morgan fingerprint density at radius 1 is 1.31 bits per heavy atom. The lowest BCUT2D eigenvalue weighted by Gasteiger charge is -2.11. The van der Waals surface area contributed by atoms with Crippen molar-refractivity contribution in [1.82, 2.24) is 5.32 Å². The third-order valence-corrected chi connectivity index (χ3v) is 1.97. The minimum absolute atomic E-state index is 0.149. The van der Waals surface area contributed by atoms with Crippen LogP contribution in [0.1, 0.15) is 18.5 Å². The van der Waals surface area contributed by atoms with Gasteiger partial charge in [-0.05, 0) is 31.7 Å². The van der Waals surface area contributed by atoms with Crippen LogP contribution in [-0.2, 0) is 0 Å². The molecule has 0 saturated heterocycles. The van der Waals surface area contributed by atoms with Crippen LogP contribution < -0.4 is 5.32 Å². The number of phenolic OH excluding ortho intramolecular Hbond substituents is 1. The van der Waals surface area contributed by atoms with Gasteiger partial charge in [0.25, 0.3) is 0 Å². The Hall–Kier alpha value is -1.16. The number of aromatic hydroxyl groups is 1. The monoisotopic (exact) mass is 187 g/mol. The van der Waals surface area contributed by atoms with E-state index in [1.54, 1.807) is 14.0 Å². The van der Waals surface area contributed by atoms with Crippen LogP contribution in [0.15, 0.2) is 12.1 Å². The first kappa shape index (κ1) is 9.92.